The number of hydrogen-bond acceptors (Lipinski definition) is 4. The number of aliphatic hydroxyl groups is 1. The van der Waals surface area contributed by atoms with Crippen molar-refractivity contribution in [1.29, 1.82) is 0 Å². The van der Waals surface area contributed by atoms with Crippen molar-refractivity contribution >= 4 is 29.1 Å². The third-order valence-electron chi connectivity index (χ3n) is 3.86. The van der Waals surface area contributed by atoms with Gasteiger partial charge in [0.05, 0.1) is 23.3 Å². The fraction of sp³-hybridized carbons (Fsp3) is 0.500. The minimum atomic E-state index is -1.02. The van der Waals surface area contributed by atoms with E-state index in [1.54, 1.807) is 0 Å². The van der Waals surface area contributed by atoms with Gasteiger partial charge in [0, 0.05) is 24.1 Å². The van der Waals surface area contributed by atoms with Gasteiger partial charge in [-0.2, -0.15) is 0 Å². The molecule has 2 aliphatic rings. The summed E-state index contributed by atoms with van der Waals surface area (Å²) in [6.07, 6.45) is -0.544. The smallest absolute Gasteiger partial charge is 0.256 e. The Bertz CT molecular complexity index is 587. The van der Waals surface area contributed by atoms with Crippen LogP contribution in [0.3, 0.4) is 0 Å². The standard InChI is InChI=1S/C14H15Cl2NO4/c1-14(20-4-5-21-14)2-3-17-12(18)8-6-10(15)11(16)7-9(8)13(17)19/h6-7,12,18H,2-5H2,1H3. The average molecular weight is 332 g/mol. The monoisotopic (exact) mass is 331 g/mol. The molecular weight excluding hydrogens is 317 g/mol. The molecule has 1 aromatic rings. The minimum absolute atomic E-state index is 0.266. The fourth-order valence-corrected chi connectivity index (χ4v) is 2.98. The van der Waals surface area contributed by atoms with Gasteiger partial charge in [-0.15, -0.1) is 0 Å². The van der Waals surface area contributed by atoms with Crippen LogP contribution in [0, 0.1) is 0 Å². The van der Waals surface area contributed by atoms with Crippen LogP contribution in [0.4, 0.5) is 0 Å². The summed E-state index contributed by atoms with van der Waals surface area (Å²) in [5.41, 5.74) is 0.864. The van der Waals surface area contributed by atoms with Crippen LogP contribution in [0.15, 0.2) is 12.1 Å². The summed E-state index contributed by atoms with van der Waals surface area (Å²) < 4.78 is 11.0. The number of nitrogens with zero attached hydrogens (tertiary/aromatic N) is 1. The molecular formula is C14H15Cl2NO4. The van der Waals surface area contributed by atoms with E-state index in [1.165, 1.54) is 17.0 Å². The van der Waals surface area contributed by atoms with Gasteiger partial charge in [-0.05, 0) is 19.1 Å². The number of fused-ring (bicyclic) bond motifs is 1. The number of hydrogen-bond donors (Lipinski definition) is 1. The molecule has 0 aromatic heterocycles. The molecule has 5 nitrogen and oxygen atoms in total. The van der Waals surface area contributed by atoms with Gasteiger partial charge in [-0.1, -0.05) is 23.2 Å². The Morgan fingerprint density at radius 3 is 2.62 bits per heavy atom. The number of halogens is 2. The Labute approximate surface area is 132 Å². The molecule has 7 heteroatoms. The first kappa shape index (κ1) is 15.1. The number of rotatable bonds is 3. The number of carbonyl (C=O) groups excluding carboxylic acids is 1. The molecule has 2 aliphatic heterocycles. The Kier molecular flexibility index (Phi) is 3.88. The highest BCUT2D eigenvalue weighted by Crippen LogP contribution is 2.37. The van der Waals surface area contributed by atoms with Crippen LogP contribution in [0.1, 0.15) is 35.5 Å². The Morgan fingerprint density at radius 2 is 1.95 bits per heavy atom. The molecule has 1 saturated heterocycles. The molecule has 0 radical (unpaired) electrons. The maximum Gasteiger partial charge on any atom is 0.256 e. The Morgan fingerprint density at radius 1 is 1.33 bits per heavy atom. The van der Waals surface area contributed by atoms with E-state index in [2.05, 4.69) is 0 Å². The lowest BCUT2D eigenvalue weighted by atomic mass is 10.1. The summed E-state index contributed by atoms with van der Waals surface area (Å²) in [6.45, 7) is 3.23. The van der Waals surface area contributed by atoms with Gasteiger partial charge in [0.25, 0.3) is 5.91 Å². The van der Waals surface area contributed by atoms with E-state index in [4.69, 9.17) is 32.7 Å². The van der Waals surface area contributed by atoms with E-state index in [1.807, 2.05) is 6.92 Å². The van der Waals surface area contributed by atoms with Gasteiger partial charge in [-0.3, -0.25) is 4.79 Å². The first-order valence-electron chi connectivity index (χ1n) is 6.67. The predicted molar refractivity (Wildman–Crippen MR) is 77.4 cm³/mol. The zero-order valence-electron chi connectivity index (χ0n) is 11.4. The van der Waals surface area contributed by atoms with Crippen molar-refractivity contribution in [1.82, 2.24) is 4.90 Å². The molecule has 3 rings (SSSR count). The fourth-order valence-electron chi connectivity index (χ4n) is 2.64. The maximum absolute atomic E-state index is 12.4. The van der Waals surface area contributed by atoms with Crippen molar-refractivity contribution in [2.24, 2.45) is 0 Å². The van der Waals surface area contributed by atoms with E-state index < -0.39 is 12.0 Å². The molecule has 0 saturated carbocycles. The third-order valence-corrected chi connectivity index (χ3v) is 4.58. The lowest BCUT2D eigenvalue weighted by Crippen LogP contribution is -2.35. The Hall–Kier alpha value is -0.850. The minimum Gasteiger partial charge on any atom is -0.369 e. The highest BCUT2D eigenvalue weighted by Gasteiger charge is 2.39. The summed E-state index contributed by atoms with van der Waals surface area (Å²) in [4.78, 5) is 13.7. The maximum atomic E-state index is 12.4. The number of amides is 1. The molecule has 1 unspecified atom stereocenters. The van der Waals surface area contributed by atoms with Crippen molar-refractivity contribution in [3.8, 4) is 0 Å². The predicted octanol–water partition coefficient (Wildman–Crippen LogP) is 2.59. The normalized spacial score (nSPS) is 23.7. The van der Waals surface area contributed by atoms with Gasteiger partial charge in [0.15, 0.2) is 12.0 Å². The largest absolute Gasteiger partial charge is 0.369 e. The molecule has 0 bridgehead atoms. The quantitative estimate of drug-likeness (QED) is 0.924. The van der Waals surface area contributed by atoms with Gasteiger partial charge < -0.3 is 19.5 Å². The van der Waals surface area contributed by atoms with Crippen LogP contribution >= 0.6 is 23.2 Å². The first-order valence-corrected chi connectivity index (χ1v) is 7.43. The summed E-state index contributed by atoms with van der Waals surface area (Å²) in [5.74, 6) is -0.970. The van der Waals surface area contributed by atoms with Crippen LogP contribution in [-0.4, -0.2) is 41.5 Å². The highest BCUT2D eigenvalue weighted by molar-refractivity contribution is 6.42. The molecule has 1 N–H and O–H groups in total. The summed E-state index contributed by atoms with van der Waals surface area (Å²) in [5, 5.41) is 10.9. The number of ether oxygens (including phenoxy) is 2. The molecule has 21 heavy (non-hydrogen) atoms. The third kappa shape index (κ3) is 2.64. The zero-order valence-corrected chi connectivity index (χ0v) is 12.9. The van der Waals surface area contributed by atoms with Gasteiger partial charge in [0.2, 0.25) is 0 Å². The molecule has 1 amide bonds. The second-order valence-electron chi connectivity index (χ2n) is 5.31. The lowest BCUT2D eigenvalue weighted by Gasteiger charge is -2.27. The van der Waals surface area contributed by atoms with E-state index >= 15 is 0 Å². The van der Waals surface area contributed by atoms with E-state index in [0.717, 1.165) is 0 Å². The van der Waals surface area contributed by atoms with Crippen molar-refractivity contribution in [2.45, 2.75) is 25.4 Å². The van der Waals surface area contributed by atoms with Crippen LogP contribution in [0.5, 0.6) is 0 Å². The van der Waals surface area contributed by atoms with Crippen molar-refractivity contribution in [3.05, 3.63) is 33.3 Å². The van der Waals surface area contributed by atoms with Crippen LogP contribution < -0.4 is 0 Å². The van der Waals surface area contributed by atoms with Crippen LogP contribution in [0.2, 0.25) is 10.0 Å². The van der Waals surface area contributed by atoms with Crippen molar-refractivity contribution < 1.29 is 19.4 Å². The summed E-state index contributed by atoms with van der Waals surface area (Å²) in [6, 6.07) is 3.03. The Balaban J connectivity index is 1.78. The van der Waals surface area contributed by atoms with E-state index in [-0.39, 0.29) is 5.91 Å². The lowest BCUT2D eigenvalue weighted by molar-refractivity contribution is -0.151. The van der Waals surface area contributed by atoms with Crippen molar-refractivity contribution in [2.75, 3.05) is 19.8 Å². The van der Waals surface area contributed by atoms with Crippen LogP contribution in [-0.2, 0) is 9.47 Å². The van der Waals surface area contributed by atoms with E-state index in [0.29, 0.717) is 47.4 Å². The highest BCUT2D eigenvalue weighted by atomic mass is 35.5. The molecule has 2 heterocycles. The number of carbonyl (C=O) groups is 1. The van der Waals surface area contributed by atoms with Crippen LogP contribution in [0.25, 0.3) is 0 Å². The number of aliphatic hydroxyl groups excluding tert-OH is 1. The van der Waals surface area contributed by atoms with Gasteiger partial charge in [-0.25, -0.2) is 0 Å². The molecule has 1 fully saturated rings. The van der Waals surface area contributed by atoms with Gasteiger partial charge in [0.1, 0.15) is 0 Å². The molecule has 1 aromatic carbocycles. The topological polar surface area (TPSA) is 59.0 Å². The van der Waals surface area contributed by atoms with Crippen molar-refractivity contribution in [3.63, 3.8) is 0 Å². The average Bonchev–Trinajstić information content (AvgIpc) is 2.95. The van der Waals surface area contributed by atoms with E-state index in [9.17, 15) is 9.90 Å². The second kappa shape index (κ2) is 5.41. The molecule has 0 aliphatic carbocycles. The zero-order chi connectivity index (χ0) is 15.2. The molecule has 0 spiro atoms. The molecule has 1 atom stereocenters. The first-order chi connectivity index (χ1) is 9.91. The summed E-state index contributed by atoms with van der Waals surface area (Å²) >= 11 is 11.9. The molecule has 114 valence electrons. The summed E-state index contributed by atoms with van der Waals surface area (Å²) in [7, 11) is 0. The SMILES string of the molecule is CC1(CCN2C(=O)c3cc(Cl)c(Cl)cc3C2O)OCCO1. The van der Waals surface area contributed by atoms with Gasteiger partial charge >= 0.3 is 0 Å². The second-order valence-corrected chi connectivity index (χ2v) is 6.12. The number of benzene rings is 1.